The predicted octanol–water partition coefficient (Wildman–Crippen LogP) is 3.37. The molecule has 0 spiro atoms. The van der Waals surface area contributed by atoms with E-state index in [0.29, 0.717) is 49.2 Å². The Bertz CT molecular complexity index is 1770. The Hall–Kier alpha value is -3.81. The van der Waals surface area contributed by atoms with E-state index in [4.69, 9.17) is 18.9 Å². The molecule has 8 rings (SSSR count). The van der Waals surface area contributed by atoms with Gasteiger partial charge in [-0.3, -0.25) is 24.1 Å². The number of morpholine rings is 1. The summed E-state index contributed by atoms with van der Waals surface area (Å²) in [5, 5.41) is 0.902. The summed E-state index contributed by atoms with van der Waals surface area (Å²) in [4.78, 5) is 60.3. The highest BCUT2D eigenvalue weighted by atomic mass is 32.2. The third kappa shape index (κ3) is 4.57. The van der Waals surface area contributed by atoms with Crippen molar-refractivity contribution in [2.24, 2.45) is 29.6 Å². The number of H-pyrrole nitrogens is 1. The van der Waals surface area contributed by atoms with E-state index in [1.807, 2.05) is 18.2 Å². The Morgan fingerprint density at radius 2 is 1.70 bits per heavy atom. The number of thioether (sulfide) groups is 1. The van der Waals surface area contributed by atoms with Crippen LogP contribution < -0.4 is 24.0 Å². The van der Waals surface area contributed by atoms with E-state index in [-0.39, 0.29) is 64.0 Å². The van der Waals surface area contributed by atoms with Crippen LogP contribution in [0.4, 0.5) is 5.69 Å². The molecule has 240 valence electrons. The van der Waals surface area contributed by atoms with E-state index in [1.54, 1.807) is 55.1 Å². The van der Waals surface area contributed by atoms with E-state index in [0.717, 1.165) is 21.9 Å². The van der Waals surface area contributed by atoms with Crippen molar-refractivity contribution in [1.82, 2.24) is 9.88 Å². The smallest absolute Gasteiger partial charge is 0.305 e. The lowest BCUT2D eigenvalue weighted by Gasteiger charge is -2.43. The van der Waals surface area contributed by atoms with E-state index in [2.05, 4.69) is 4.98 Å². The van der Waals surface area contributed by atoms with Crippen molar-refractivity contribution in [3.63, 3.8) is 0 Å². The highest BCUT2D eigenvalue weighted by Gasteiger charge is 2.69. The number of fused-ring (bicyclic) bond motifs is 9. The van der Waals surface area contributed by atoms with Gasteiger partial charge in [-0.2, -0.15) is 0 Å². The van der Waals surface area contributed by atoms with Crippen LogP contribution in [0.25, 0.3) is 0 Å². The summed E-state index contributed by atoms with van der Waals surface area (Å²) in [5.74, 6) is 0.295. The van der Waals surface area contributed by atoms with Crippen LogP contribution in [-0.4, -0.2) is 80.0 Å². The molecule has 6 unspecified atom stereocenters. The first-order valence-electron chi connectivity index (χ1n) is 15.5. The van der Waals surface area contributed by atoms with E-state index in [9.17, 15) is 19.2 Å². The largest absolute Gasteiger partial charge is 0.497 e. The number of nitrogens with zero attached hydrogens (tertiary/aromatic N) is 2. The second-order valence-electron chi connectivity index (χ2n) is 12.4. The van der Waals surface area contributed by atoms with Gasteiger partial charge >= 0.3 is 4.87 Å². The van der Waals surface area contributed by atoms with Crippen LogP contribution in [0.15, 0.2) is 52.3 Å². The monoisotopic (exact) mass is 663 g/mol. The van der Waals surface area contributed by atoms with Crippen LogP contribution in [0.2, 0.25) is 0 Å². The zero-order valence-corrected chi connectivity index (χ0v) is 26.9. The molecule has 5 aliphatic rings. The zero-order chi connectivity index (χ0) is 31.7. The summed E-state index contributed by atoms with van der Waals surface area (Å²) in [7, 11) is 3.14. The molecule has 2 bridgehead atoms. The lowest BCUT2D eigenvalue weighted by molar-refractivity contribution is -0.137. The number of benzene rings is 2. The first-order valence-corrected chi connectivity index (χ1v) is 17.1. The standard InChI is InChI=1S/C33H33N3O8S2/c1-41-18-6-4-17(5-7-18)36-31(38)26-19-14-20(27(26)32(36)39)28-25(19)24(29-30(45-28)34-33(40)46-29)16-3-8-21(22(13-16)42-2)44-15-23(37)35-9-11-43-12-10-35/h3-8,13,19-20,24-28H,9-12,14-15H2,1-2H3,(H,34,40)/t19?,20?,24-,25?,26?,27?,28?/m1/s1. The Morgan fingerprint density at radius 3 is 2.41 bits per heavy atom. The summed E-state index contributed by atoms with van der Waals surface area (Å²) in [6.45, 7) is 2.00. The lowest BCUT2D eigenvalue weighted by Crippen LogP contribution is -2.43. The zero-order valence-electron chi connectivity index (χ0n) is 25.3. The molecule has 1 N–H and O–H groups in total. The van der Waals surface area contributed by atoms with Crippen molar-refractivity contribution in [2.45, 2.75) is 22.6 Å². The molecule has 3 amide bonds. The number of aromatic amines is 1. The minimum absolute atomic E-state index is 0.0134. The Balaban J connectivity index is 1.11. The summed E-state index contributed by atoms with van der Waals surface area (Å²) >= 11 is 2.86. The predicted molar refractivity (Wildman–Crippen MR) is 170 cm³/mol. The van der Waals surface area contributed by atoms with E-state index < -0.39 is 5.92 Å². The van der Waals surface area contributed by atoms with Gasteiger partial charge in [0.1, 0.15) is 5.75 Å². The second kappa shape index (κ2) is 11.5. The fraction of sp³-hybridized carbons (Fsp3) is 0.455. The molecule has 2 saturated carbocycles. The molecule has 4 heterocycles. The van der Waals surface area contributed by atoms with Gasteiger partial charge in [-0.05, 0) is 66.1 Å². The first kappa shape index (κ1) is 29.6. The summed E-state index contributed by atoms with van der Waals surface area (Å²) in [6.07, 6.45) is 0.795. The number of hydrogen-bond donors (Lipinski definition) is 1. The summed E-state index contributed by atoms with van der Waals surface area (Å²) in [6, 6.07) is 12.8. The SMILES string of the molecule is COc1ccc(N2C(=O)C3C4CC(C3C2=O)C2C4Sc3[nH]c(=O)sc3[C@@H]2c2ccc(OCC(=O)N3CCOCC3)c(OC)c2)cc1. The minimum Gasteiger partial charge on any atom is -0.497 e. The number of anilines is 1. The van der Waals surface area contributed by atoms with Gasteiger partial charge in [0, 0.05) is 29.1 Å². The molecule has 46 heavy (non-hydrogen) atoms. The third-order valence-corrected chi connectivity index (χ3v) is 12.9. The highest BCUT2D eigenvalue weighted by Crippen LogP contribution is 2.68. The van der Waals surface area contributed by atoms with Crippen LogP contribution in [0, 0.1) is 29.6 Å². The summed E-state index contributed by atoms with van der Waals surface area (Å²) < 4.78 is 22.3. The van der Waals surface area contributed by atoms with Crippen LogP contribution in [0.3, 0.4) is 0 Å². The third-order valence-electron chi connectivity index (χ3n) is 10.3. The maximum atomic E-state index is 14.0. The van der Waals surface area contributed by atoms with Gasteiger partial charge in [0.05, 0.1) is 50.0 Å². The number of imide groups is 1. The quantitative estimate of drug-likeness (QED) is 0.379. The molecule has 11 nitrogen and oxygen atoms in total. The van der Waals surface area contributed by atoms with Gasteiger partial charge in [-0.15, -0.1) is 11.8 Å². The van der Waals surface area contributed by atoms with Crippen molar-refractivity contribution in [3.8, 4) is 17.2 Å². The van der Waals surface area contributed by atoms with Crippen LogP contribution >= 0.6 is 23.1 Å². The maximum absolute atomic E-state index is 14.0. The van der Waals surface area contributed by atoms with Gasteiger partial charge in [-0.1, -0.05) is 17.4 Å². The number of carbonyl (C=O) groups excluding carboxylic acids is 3. The van der Waals surface area contributed by atoms with Crippen LogP contribution in [0.5, 0.6) is 17.2 Å². The van der Waals surface area contributed by atoms with E-state index in [1.165, 1.54) is 16.2 Å². The Labute approximate surface area is 273 Å². The average molecular weight is 664 g/mol. The molecular weight excluding hydrogens is 631 g/mol. The molecule has 0 radical (unpaired) electrons. The number of nitrogens with one attached hydrogen (secondary N) is 1. The van der Waals surface area contributed by atoms with Gasteiger partial charge < -0.3 is 28.8 Å². The molecule has 13 heteroatoms. The van der Waals surface area contributed by atoms with Crippen molar-refractivity contribution in [2.75, 3.05) is 52.0 Å². The molecule has 3 aromatic rings. The topological polar surface area (TPSA) is 127 Å². The first-order chi connectivity index (χ1) is 22.4. The number of rotatable bonds is 7. The van der Waals surface area contributed by atoms with Crippen LogP contribution in [-0.2, 0) is 19.1 Å². The second-order valence-corrected chi connectivity index (χ2v) is 14.6. The average Bonchev–Trinajstić information content (AvgIpc) is 3.82. The van der Waals surface area contributed by atoms with Gasteiger partial charge in [0.2, 0.25) is 11.8 Å². The van der Waals surface area contributed by atoms with Crippen molar-refractivity contribution in [1.29, 1.82) is 0 Å². The molecule has 3 aliphatic heterocycles. The van der Waals surface area contributed by atoms with Gasteiger partial charge in [0.25, 0.3) is 5.91 Å². The molecule has 4 fully saturated rings. The number of thiazole rings is 1. The van der Waals surface area contributed by atoms with Crippen molar-refractivity contribution < 1.29 is 33.3 Å². The maximum Gasteiger partial charge on any atom is 0.305 e. The normalized spacial score (nSPS) is 29.4. The number of methoxy groups -OCH3 is 2. The molecule has 2 aromatic carbocycles. The molecule has 2 aliphatic carbocycles. The fourth-order valence-corrected chi connectivity index (χ4v) is 11.3. The molecule has 7 atom stereocenters. The number of ether oxygens (including phenoxy) is 4. The Morgan fingerprint density at radius 1 is 0.957 bits per heavy atom. The number of amides is 3. The molecular formula is C33H33N3O8S2. The minimum atomic E-state index is -0.406. The summed E-state index contributed by atoms with van der Waals surface area (Å²) in [5.41, 5.74) is 1.51. The van der Waals surface area contributed by atoms with E-state index >= 15 is 0 Å². The van der Waals surface area contributed by atoms with Crippen molar-refractivity contribution in [3.05, 3.63) is 62.6 Å². The number of carbonyl (C=O) groups is 3. The number of aromatic nitrogens is 1. The van der Waals surface area contributed by atoms with Gasteiger partial charge in [0.15, 0.2) is 18.1 Å². The van der Waals surface area contributed by atoms with Crippen LogP contribution in [0.1, 0.15) is 22.8 Å². The highest BCUT2D eigenvalue weighted by molar-refractivity contribution is 8.00. The van der Waals surface area contributed by atoms with Gasteiger partial charge in [-0.25, -0.2) is 0 Å². The molecule has 1 aromatic heterocycles. The Kier molecular flexibility index (Phi) is 7.37. The fourth-order valence-electron chi connectivity index (χ4n) is 8.42. The molecule has 2 saturated heterocycles. The van der Waals surface area contributed by atoms with Crippen molar-refractivity contribution >= 4 is 46.5 Å². The number of hydrogen-bond acceptors (Lipinski definition) is 10. The lowest BCUT2D eigenvalue weighted by atomic mass is 9.68.